The van der Waals surface area contributed by atoms with Crippen molar-refractivity contribution in [1.82, 2.24) is 5.32 Å². The number of aliphatic hydroxyl groups is 2. The zero-order chi connectivity index (χ0) is 14.7. The summed E-state index contributed by atoms with van der Waals surface area (Å²) in [6, 6.07) is 5.76. The maximum atomic E-state index is 12.0. The van der Waals surface area contributed by atoms with Gasteiger partial charge in [-0.1, -0.05) is 0 Å². The molecule has 2 radical (unpaired) electrons. The summed E-state index contributed by atoms with van der Waals surface area (Å²) < 4.78 is 10.2. The maximum absolute atomic E-state index is 12.0. The van der Waals surface area contributed by atoms with Crippen LogP contribution in [0.5, 0.6) is 5.75 Å². The van der Waals surface area contributed by atoms with Gasteiger partial charge in [0.25, 0.3) is 5.91 Å². The second kappa shape index (κ2) is 6.21. The molecule has 1 aromatic rings. The SMILES string of the molecule is [CH][C@@H]1O[C@H](CO)[C@H](O)C1NC(=O)c1ccc(OC)cc1. The van der Waals surface area contributed by atoms with Crippen LogP contribution >= 0.6 is 0 Å². The van der Waals surface area contributed by atoms with Crippen LogP contribution in [0.4, 0.5) is 0 Å². The Bertz CT molecular complexity index is 461. The predicted octanol–water partition coefficient (Wildman–Crippen LogP) is -0.375. The van der Waals surface area contributed by atoms with Gasteiger partial charge in [-0.15, -0.1) is 0 Å². The predicted molar refractivity (Wildman–Crippen MR) is 70.3 cm³/mol. The lowest BCUT2D eigenvalue weighted by atomic mass is 10.0. The Hall–Kier alpha value is -1.63. The average Bonchev–Trinajstić information content (AvgIpc) is 2.74. The highest BCUT2D eigenvalue weighted by Gasteiger charge is 2.41. The molecule has 0 bridgehead atoms. The number of amides is 1. The molecule has 0 saturated carbocycles. The second-order valence-corrected chi connectivity index (χ2v) is 4.54. The van der Waals surface area contributed by atoms with E-state index < -0.39 is 24.4 Å². The zero-order valence-corrected chi connectivity index (χ0v) is 11.0. The molecule has 1 saturated heterocycles. The normalized spacial score (nSPS) is 29.2. The van der Waals surface area contributed by atoms with Crippen LogP contribution in [0.15, 0.2) is 24.3 Å². The van der Waals surface area contributed by atoms with Crippen molar-refractivity contribution in [1.29, 1.82) is 0 Å². The van der Waals surface area contributed by atoms with Crippen molar-refractivity contribution in [2.45, 2.75) is 24.4 Å². The first-order chi connectivity index (χ1) is 9.56. The van der Waals surface area contributed by atoms with E-state index in [2.05, 4.69) is 5.32 Å². The van der Waals surface area contributed by atoms with Crippen LogP contribution in [0.3, 0.4) is 0 Å². The van der Waals surface area contributed by atoms with Gasteiger partial charge in [0.05, 0.1) is 25.9 Å². The molecule has 6 nitrogen and oxygen atoms in total. The largest absolute Gasteiger partial charge is 0.497 e. The molecule has 20 heavy (non-hydrogen) atoms. The molecule has 1 fully saturated rings. The number of hydrogen-bond donors (Lipinski definition) is 3. The minimum absolute atomic E-state index is 0.357. The summed E-state index contributed by atoms with van der Waals surface area (Å²) in [7, 11) is 1.54. The van der Waals surface area contributed by atoms with Crippen LogP contribution in [0.1, 0.15) is 10.4 Å². The number of methoxy groups -OCH3 is 1. The summed E-state index contributed by atoms with van der Waals surface area (Å²) in [6.07, 6.45) is -2.69. The third-order valence-electron chi connectivity index (χ3n) is 3.26. The lowest BCUT2D eigenvalue weighted by Gasteiger charge is -2.19. The van der Waals surface area contributed by atoms with Crippen LogP contribution in [-0.2, 0) is 4.74 Å². The first-order valence-electron chi connectivity index (χ1n) is 6.21. The van der Waals surface area contributed by atoms with E-state index in [4.69, 9.17) is 21.5 Å². The molecular weight excluding hydrogens is 262 g/mol. The first-order valence-corrected chi connectivity index (χ1v) is 6.21. The summed E-state index contributed by atoms with van der Waals surface area (Å²) in [5.41, 5.74) is 0.414. The number of aliphatic hydroxyl groups excluding tert-OH is 2. The standard InChI is InChI=1S/C14H17NO5/c1-8-12(13(17)11(7-16)20-8)15-14(18)9-3-5-10(19-2)6-4-9/h1,3-6,8,11-13,16-17H,7H2,2H3,(H,15,18)/t8-,11+,12?,13-/m0/s1. The van der Waals surface area contributed by atoms with Gasteiger partial charge in [0.1, 0.15) is 18.0 Å². The molecule has 1 aromatic carbocycles. The molecule has 3 N–H and O–H groups in total. The van der Waals surface area contributed by atoms with Gasteiger partial charge in [-0.2, -0.15) is 0 Å². The van der Waals surface area contributed by atoms with Crippen molar-refractivity contribution < 1.29 is 24.5 Å². The van der Waals surface area contributed by atoms with Crippen molar-refractivity contribution >= 4 is 5.91 Å². The van der Waals surface area contributed by atoms with E-state index in [1.54, 1.807) is 24.3 Å². The minimum Gasteiger partial charge on any atom is -0.497 e. The molecule has 1 amide bonds. The summed E-state index contributed by atoms with van der Waals surface area (Å²) in [6.45, 7) is 5.32. The Kier molecular flexibility index (Phi) is 4.59. The van der Waals surface area contributed by atoms with Gasteiger partial charge >= 0.3 is 0 Å². The number of benzene rings is 1. The third kappa shape index (κ3) is 2.92. The van der Waals surface area contributed by atoms with E-state index >= 15 is 0 Å². The number of ether oxygens (including phenoxy) is 2. The molecule has 4 atom stereocenters. The van der Waals surface area contributed by atoms with Gasteiger partial charge < -0.3 is 25.0 Å². The Morgan fingerprint density at radius 2 is 2.10 bits per heavy atom. The van der Waals surface area contributed by atoms with Gasteiger partial charge in [-0.25, -0.2) is 0 Å². The maximum Gasteiger partial charge on any atom is 0.251 e. The number of carbonyl (C=O) groups is 1. The van der Waals surface area contributed by atoms with E-state index in [-0.39, 0.29) is 12.5 Å². The lowest BCUT2D eigenvalue weighted by Crippen LogP contribution is -2.47. The second-order valence-electron chi connectivity index (χ2n) is 4.54. The van der Waals surface area contributed by atoms with E-state index in [9.17, 15) is 9.90 Å². The van der Waals surface area contributed by atoms with Gasteiger partial charge in [0.2, 0.25) is 0 Å². The van der Waals surface area contributed by atoms with Crippen molar-refractivity contribution in [2.24, 2.45) is 0 Å². The summed E-state index contributed by atoms with van der Waals surface area (Å²) >= 11 is 0. The minimum atomic E-state index is -1.04. The molecule has 108 valence electrons. The highest BCUT2D eigenvalue weighted by atomic mass is 16.5. The third-order valence-corrected chi connectivity index (χ3v) is 3.26. The van der Waals surface area contributed by atoms with E-state index in [0.29, 0.717) is 11.3 Å². The highest BCUT2D eigenvalue weighted by molar-refractivity contribution is 5.94. The molecule has 0 aliphatic carbocycles. The van der Waals surface area contributed by atoms with Crippen molar-refractivity contribution in [3.63, 3.8) is 0 Å². The number of hydrogen-bond acceptors (Lipinski definition) is 5. The molecular formula is C14H17NO5. The van der Waals surface area contributed by atoms with E-state index in [1.165, 1.54) is 7.11 Å². The molecule has 0 spiro atoms. The number of nitrogens with one attached hydrogen (secondary N) is 1. The Morgan fingerprint density at radius 3 is 2.60 bits per heavy atom. The first kappa shape index (κ1) is 14.8. The van der Waals surface area contributed by atoms with Crippen molar-refractivity contribution in [3.8, 4) is 5.75 Å². The summed E-state index contributed by atoms with van der Waals surface area (Å²) in [4.78, 5) is 12.0. The Balaban J connectivity index is 2.03. The summed E-state index contributed by atoms with van der Waals surface area (Å²) in [5, 5.41) is 21.5. The molecule has 1 aliphatic heterocycles. The lowest BCUT2D eigenvalue weighted by molar-refractivity contribution is -0.0114. The van der Waals surface area contributed by atoms with E-state index in [0.717, 1.165) is 0 Å². The smallest absolute Gasteiger partial charge is 0.251 e. The topological polar surface area (TPSA) is 88.0 Å². The quantitative estimate of drug-likeness (QED) is 0.699. The monoisotopic (exact) mass is 279 g/mol. The van der Waals surface area contributed by atoms with Gasteiger partial charge in [0.15, 0.2) is 0 Å². The van der Waals surface area contributed by atoms with Crippen LogP contribution in [0, 0.1) is 6.92 Å². The molecule has 6 heteroatoms. The molecule has 0 aromatic heterocycles. The van der Waals surface area contributed by atoms with Gasteiger partial charge in [-0.3, -0.25) is 4.79 Å². The summed E-state index contributed by atoms with van der Waals surface area (Å²) in [5.74, 6) is 0.261. The number of rotatable bonds is 4. The highest BCUT2D eigenvalue weighted by Crippen LogP contribution is 2.21. The van der Waals surface area contributed by atoms with Gasteiger partial charge in [-0.05, 0) is 31.2 Å². The molecule has 1 aliphatic rings. The van der Waals surface area contributed by atoms with Crippen LogP contribution in [0.25, 0.3) is 0 Å². The van der Waals surface area contributed by atoms with E-state index in [1.807, 2.05) is 0 Å². The van der Waals surface area contributed by atoms with Crippen LogP contribution in [0.2, 0.25) is 0 Å². The molecule has 2 rings (SSSR count). The number of carbonyl (C=O) groups excluding carboxylic acids is 1. The van der Waals surface area contributed by atoms with Crippen LogP contribution in [-0.4, -0.2) is 54.2 Å². The van der Waals surface area contributed by atoms with Crippen molar-refractivity contribution in [2.75, 3.05) is 13.7 Å². The molecule has 1 heterocycles. The fourth-order valence-electron chi connectivity index (χ4n) is 2.09. The Morgan fingerprint density at radius 1 is 1.45 bits per heavy atom. The fourth-order valence-corrected chi connectivity index (χ4v) is 2.09. The van der Waals surface area contributed by atoms with Crippen LogP contribution < -0.4 is 10.1 Å². The zero-order valence-electron chi connectivity index (χ0n) is 11.0. The molecule has 1 unspecified atom stereocenters. The Labute approximate surface area is 117 Å². The van der Waals surface area contributed by atoms with Crippen molar-refractivity contribution in [3.05, 3.63) is 36.8 Å². The fraction of sp³-hybridized carbons (Fsp3) is 0.429. The van der Waals surface area contributed by atoms with Gasteiger partial charge in [0, 0.05) is 5.56 Å². The average molecular weight is 279 g/mol.